The Morgan fingerprint density at radius 3 is 2.45 bits per heavy atom. The summed E-state index contributed by atoms with van der Waals surface area (Å²) in [5.41, 5.74) is 0.0444. The lowest BCUT2D eigenvalue weighted by Crippen LogP contribution is -2.35. The highest BCUT2D eigenvalue weighted by Crippen LogP contribution is 2.26. The number of amides is 1. The normalized spacial score (nSPS) is 12.2. The number of esters is 1. The van der Waals surface area contributed by atoms with Gasteiger partial charge in [-0.15, -0.1) is 0 Å². The molecule has 31 heavy (non-hydrogen) atoms. The first-order valence-electron chi connectivity index (χ1n) is 9.56. The summed E-state index contributed by atoms with van der Waals surface area (Å²) in [6.07, 6.45) is 1.68. The van der Waals surface area contributed by atoms with Crippen molar-refractivity contribution in [2.75, 3.05) is 18.0 Å². The molecule has 0 fully saturated rings. The Morgan fingerprint density at radius 1 is 1.19 bits per heavy atom. The van der Waals surface area contributed by atoms with E-state index in [-0.39, 0.29) is 27.2 Å². The minimum absolute atomic E-state index is 0.0202. The summed E-state index contributed by atoms with van der Waals surface area (Å²) in [5.74, 6) is -1.89. The molecule has 0 spiro atoms. The van der Waals surface area contributed by atoms with Gasteiger partial charge in [0.2, 0.25) is 0 Å². The van der Waals surface area contributed by atoms with Crippen LogP contribution in [-0.2, 0) is 19.6 Å². The molecule has 168 valence electrons. The molecule has 10 heteroatoms. The summed E-state index contributed by atoms with van der Waals surface area (Å²) in [6, 6.07) is 8.43. The van der Waals surface area contributed by atoms with Gasteiger partial charge in [0.25, 0.3) is 15.9 Å². The van der Waals surface area contributed by atoms with E-state index in [1.165, 1.54) is 31.3 Å². The van der Waals surface area contributed by atoms with Gasteiger partial charge in [-0.1, -0.05) is 24.9 Å². The zero-order chi connectivity index (χ0) is 23.2. The van der Waals surface area contributed by atoms with Crippen molar-refractivity contribution in [2.24, 2.45) is 0 Å². The number of rotatable bonds is 9. The summed E-state index contributed by atoms with van der Waals surface area (Å²) in [4.78, 5) is 24.1. The van der Waals surface area contributed by atoms with Crippen molar-refractivity contribution in [2.45, 2.75) is 37.6 Å². The van der Waals surface area contributed by atoms with Gasteiger partial charge in [-0.25, -0.2) is 17.6 Å². The third-order valence-electron chi connectivity index (χ3n) is 4.47. The average Bonchev–Trinajstić information content (AvgIpc) is 2.72. The van der Waals surface area contributed by atoms with Crippen LogP contribution in [0, 0.1) is 5.82 Å². The number of benzene rings is 2. The molecule has 1 unspecified atom stereocenters. The Bertz CT molecular complexity index is 1040. The number of sulfonamides is 1. The van der Waals surface area contributed by atoms with Crippen LogP contribution in [0.15, 0.2) is 47.4 Å². The van der Waals surface area contributed by atoms with Crippen LogP contribution in [0.4, 0.5) is 10.1 Å². The second-order valence-electron chi connectivity index (χ2n) is 6.92. The number of ether oxygens (including phenoxy) is 1. The van der Waals surface area contributed by atoms with Gasteiger partial charge in [0, 0.05) is 13.1 Å². The monoisotopic (exact) mass is 470 g/mol. The molecule has 0 heterocycles. The lowest BCUT2D eigenvalue weighted by molar-refractivity contribution is -0.124. The van der Waals surface area contributed by atoms with E-state index in [9.17, 15) is 22.4 Å². The van der Waals surface area contributed by atoms with E-state index in [0.717, 1.165) is 35.3 Å². The largest absolute Gasteiger partial charge is 0.452 e. The van der Waals surface area contributed by atoms with Gasteiger partial charge in [0.15, 0.2) is 6.61 Å². The van der Waals surface area contributed by atoms with Crippen molar-refractivity contribution in [3.63, 3.8) is 0 Å². The highest BCUT2D eigenvalue weighted by molar-refractivity contribution is 7.92. The number of hydrogen-bond acceptors (Lipinski definition) is 5. The van der Waals surface area contributed by atoms with Crippen LogP contribution < -0.4 is 9.62 Å². The molecule has 2 aromatic carbocycles. The molecular formula is C21H24ClFN2O5S. The van der Waals surface area contributed by atoms with Gasteiger partial charge in [-0.3, -0.25) is 9.10 Å². The van der Waals surface area contributed by atoms with Gasteiger partial charge in [0.1, 0.15) is 5.82 Å². The fraction of sp³-hybridized carbons (Fsp3) is 0.333. The third kappa shape index (κ3) is 6.41. The molecule has 1 atom stereocenters. The Hall–Kier alpha value is -2.65. The molecule has 0 aliphatic carbocycles. The molecule has 0 saturated heterocycles. The summed E-state index contributed by atoms with van der Waals surface area (Å²) < 4.78 is 44.9. The standard InChI is InChI=1S/C21H24ClFN2O5S/c1-4-5-14(2)24-20(26)13-30-21(27)18-12-17(10-11-19(18)22)31(28,29)25(3)16-8-6-15(23)7-9-16/h6-12,14H,4-5,13H2,1-3H3,(H,24,26). The van der Waals surface area contributed by atoms with E-state index < -0.39 is 34.3 Å². The second-order valence-corrected chi connectivity index (χ2v) is 9.30. The Kier molecular flexibility index (Phi) is 8.41. The summed E-state index contributed by atoms with van der Waals surface area (Å²) in [6.45, 7) is 3.31. The molecule has 1 amide bonds. The van der Waals surface area contributed by atoms with E-state index in [0.29, 0.717) is 0 Å². The Balaban J connectivity index is 2.17. The topological polar surface area (TPSA) is 92.8 Å². The molecule has 0 saturated carbocycles. The van der Waals surface area contributed by atoms with Gasteiger partial charge in [-0.2, -0.15) is 0 Å². The summed E-state index contributed by atoms with van der Waals surface area (Å²) >= 11 is 6.04. The average molecular weight is 471 g/mol. The summed E-state index contributed by atoms with van der Waals surface area (Å²) in [7, 11) is -2.76. The first-order valence-corrected chi connectivity index (χ1v) is 11.4. The van der Waals surface area contributed by atoms with Crippen LogP contribution in [0.5, 0.6) is 0 Å². The lowest BCUT2D eigenvalue weighted by Gasteiger charge is -2.20. The highest BCUT2D eigenvalue weighted by atomic mass is 35.5. The zero-order valence-electron chi connectivity index (χ0n) is 17.4. The minimum Gasteiger partial charge on any atom is -0.452 e. The third-order valence-corrected chi connectivity index (χ3v) is 6.58. The molecule has 7 nitrogen and oxygen atoms in total. The highest BCUT2D eigenvalue weighted by Gasteiger charge is 2.24. The maximum atomic E-state index is 13.1. The number of hydrogen-bond donors (Lipinski definition) is 1. The fourth-order valence-corrected chi connectivity index (χ4v) is 4.22. The van der Waals surface area contributed by atoms with E-state index in [2.05, 4.69) is 5.32 Å². The van der Waals surface area contributed by atoms with E-state index >= 15 is 0 Å². The first kappa shape index (κ1) is 24.6. The predicted molar refractivity (Wildman–Crippen MR) is 116 cm³/mol. The van der Waals surface area contributed by atoms with Crippen molar-refractivity contribution < 1.29 is 27.1 Å². The van der Waals surface area contributed by atoms with Crippen LogP contribution in [0.3, 0.4) is 0 Å². The molecule has 0 aliphatic heterocycles. The van der Waals surface area contributed by atoms with Crippen molar-refractivity contribution in [3.05, 3.63) is 58.9 Å². The smallest absolute Gasteiger partial charge is 0.340 e. The zero-order valence-corrected chi connectivity index (χ0v) is 19.0. The molecule has 2 aromatic rings. The van der Waals surface area contributed by atoms with Gasteiger partial charge in [0.05, 0.1) is 21.2 Å². The van der Waals surface area contributed by atoms with E-state index in [1.54, 1.807) is 0 Å². The molecule has 0 aromatic heterocycles. The quantitative estimate of drug-likeness (QED) is 0.563. The number of halogens is 2. The number of carbonyl (C=O) groups excluding carboxylic acids is 2. The van der Waals surface area contributed by atoms with Crippen molar-refractivity contribution in [1.29, 1.82) is 0 Å². The Labute approximate surface area is 186 Å². The lowest BCUT2D eigenvalue weighted by atomic mass is 10.2. The van der Waals surface area contributed by atoms with Gasteiger partial charge >= 0.3 is 5.97 Å². The molecule has 0 bridgehead atoms. The first-order chi connectivity index (χ1) is 14.6. The van der Waals surface area contributed by atoms with Crippen LogP contribution in [0.2, 0.25) is 5.02 Å². The fourth-order valence-electron chi connectivity index (χ4n) is 2.80. The molecule has 0 radical (unpaired) electrons. The van der Waals surface area contributed by atoms with Crippen LogP contribution in [0.25, 0.3) is 0 Å². The number of nitrogens with one attached hydrogen (secondary N) is 1. The number of nitrogens with zero attached hydrogens (tertiary/aromatic N) is 1. The summed E-state index contributed by atoms with van der Waals surface area (Å²) in [5, 5.41) is 2.68. The molecule has 1 N–H and O–H groups in total. The Morgan fingerprint density at radius 2 is 1.84 bits per heavy atom. The van der Waals surface area contributed by atoms with Crippen LogP contribution in [0.1, 0.15) is 37.0 Å². The minimum atomic E-state index is -4.07. The molecular weight excluding hydrogens is 447 g/mol. The molecule has 0 aliphatic rings. The van der Waals surface area contributed by atoms with Crippen LogP contribution in [-0.4, -0.2) is 40.0 Å². The van der Waals surface area contributed by atoms with Crippen molar-refractivity contribution in [3.8, 4) is 0 Å². The molecule has 2 rings (SSSR count). The van der Waals surface area contributed by atoms with Crippen molar-refractivity contribution >= 4 is 39.2 Å². The second kappa shape index (κ2) is 10.6. The maximum Gasteiger partial charge on any atom is 0.340 e. The van der Waals surface area contributed by atoms with Crippen molar-refractivity contribution in [1.82, 2.24) is 5.32 Å². The number of anilines is 1. The SMILES string of the molecule is CCCC(C)NC(=O)COC(=O)c1cc(S(=O)(=O)N(C)c2ccc(F)cc2)ccc1Cl. The predicted octanol–water partition coefficient (Wildman–Crippen LogP) is 3.77. The van der Waals surface area contributed by atoms with E-state index in [4.69, 9.17) is 16.3 Å². The van der Waals surface area contributed by atoms with E-state index in [1.807, 2.05) is 13.8 Å². The number of carbonyl (C=O) groups is 2. The van der Waals surface area contributed by atoms with Gasteiger partial charge < -0.3 is 10.1 Å². The maximum absolute atomic E-state index is 13.1. The van der Waals surface area contributed by atoms with Crippen LogP contribution >= 0.6 is 11.6 Å². The van der Waals surface area contributed by atoms with Gasteiger partial charge in [-0.05, 0) is 55.8 Å².